The van der Waals surface area contributed by atoms with E-state index in [9.17, 15) is 23.2 Å². The first-order chi connectivity index (χ1) is 19.1. The molecule has 6 nitrogen and oxygen atoms in total. The number of anilines is 1. The van der Waals surface area contributed by atoms with E-state index in [-0.39, 0.29) is 11.8 Å². The highest BCUT2D eigenvalue weighted by Gasteiger charge is 2.55. The zero-order valence-electron chi connectivity index (χ0n) is 22.5. The standard InChI is InChI=1S/C31H33F3N4O2/c1-21(39)40-29-10-9-28(29)30(20-36,25-3-2-4-26(15-25)31(32,33)34)24-11-13-37(14-12-24)17-23-18-38(19-23)27-7-5-22(16-35)6-8-27/h2-8,15,23-24,28-29H,9-14,17-19H2,1H3/t28?,29-,30?/m1/s1. The molecule has 9 heteroatoms. The van der Waals surface area contributed by atoms with Crippen molar-refractivity contribution < 1.29 is 22.7 Å². The summed E-state index contributed by atoms with van der Waals surface area (Å²) in [6.07, 6.45) is -2.34. The van der Waals surface area contributed by atoms with E-state index >= 15 is 0 Å². The van der Waals surface area contributed by atoms with E-state index in [0.717, 1.165) is 50.5 Å². The van der Waals surface area contributed by atoms with Crippen LogP contribution in [0.25, 0.3) is 0 Å². The summed E-state index contributed by atoms with van der Waals surface area (Å²) in [5.74, 6) is -0.404. The number of hydrogen-bond donors (Lipinski definition) is 0. The van der Waals surface area contributed by atoms with Crippen LogP contribution in [0, 0.1) is 40.4 Å². The van der Waals surface area contributed by atoms with Crippen LogP contribution in [-0.2, 0) is 21.1 Å². The van der Waals surface area contributed by atoms with Crippen molar-refractivity contribution in [1.29, 1.82) is 10.5 Å². The average Bonchev–Trinajstić information content (AvgIpc) is 2.91. The fraction of sp³-hybridized carbons (Fsp3) is 0.516. The molecular weight excluding hydrogens is 517 g/mol. The first-order valence-electron chi connectivity index (χ1n) is 13.9. The lowest BCUT2D eigenvalue weighted by Gasteiger charge is -2.52. The van der Waals surface area contributed by atoms with Crippen LogP contribution in [0.4, 0.5) is 18.9 Å². The van der Waals surface area contributed by atoms with Gasteiger partial charge in [0.2, 0.25) is 0 Å². The molecule has 0 radical (unpaired) electrons. The lowest BCUT2D eigenvalue weighted by Crippen LogP contribution is -2.56. The van der Waals surface area contributed by atoms with Crippen molar-refractivity contribution in [2.24, 2.45) is 17.8 Å². The highest BCUT2D eigenvalue weighted by molar-refractivity contribution is 5.66. The fourth-order valence-corrected chi connectivity index (χ4v) is 6.87. The summed E-state index contributed by atoms with van der Waals surface area (Å²) in [5.41, 5.74) is 0.207. The van der Waals surface area contributed by atoms with Crippen LogP contribution < -0.4 is 4.90 Å². The van der Waals surface area contributed by atoms with E-state index in [1.807, 2.05) is 24.3 Å². The minimum Gasteiger partial charge on any atom is -0.462 e. The van der Waals surface area contributed by atoms with Crippen molar-refractivity contribution in [3.63, 3.8) is 0 Å². The van der Waals surface area contributed by atoms with E-state index in [2.05, 4.69) is 21.9 Å². The van der Waals surface area contributed by atoms with Crippen LogP contribution in [0.3, 0.4) is 0 Å². The van der Waals surface area contributed by atoms with Gasteiger partial charge < -0.3 is 14.5 Å². The normalized spacial score (nSPS) is 23.7. The lowest BCUT2D eigenvalue weighted by atomic mass is 9.54. The summed E-state index contributed by atoms with van der Waals surface area (Å²) in [6, 6.07) is 17.4. The van der Waals surface area contributed by atoms with Crippen molar-refractivity contribution in [2.75, 3.05) is 37.6 Å². The number of esters is 1. The van der Waals surface area contributed by atoms with Gasteiger partial charge in [-0.2, -0.15) is 23.7 Å². The number of alkyl halides is 3. The first-order valence-corrected chi connectivity index (χ1v) is 13.9. The van der Waals surface area contributed by atoms with Gasteiger partial charge >= 0.3 is 12.1 Å². The van der Waals surface area contributed by atoms with Gasteiger partial charge in [-0.05, 0) is 80.6 Å². The number of rotatable bonds is 7. The molecule has 2 aliphatic heterocycles. The number of likely N-dealkylation sites (tertiary alicyclic amines) is 1. The van der Waals surface area contributed by atoms with E-state index in [4.69, 9.17) is 10.00 Å². The van der Waals surface area contributed by atoms with Crippen molar-refractivity contribution in [2.45, 2.75) is 50.3 Å². The highest BCUT2D eigenvalue weighted by atomic mass is 19.4. The number of piperidine rings is 1. The van der Waals surface area contributed by atoms with Crippen molar-refractivity contribution in [3.8, 4) is 12.1 Å². The molecule has 3 atom stereocenters. The van der Waals surface area contributed by atoms with Gasteiger partial charge in [0, 0.05) is 44.1 Å². The van der Waals surface area contributed by atoms with Gasteiger partial charge in [0.1, 0.15) is 6.10 Å². The molecule has 3 aliphatic rings. The van der Waals surface area contributed by atoms with Gasteiger partial charge in [-0.1, -0.05) is 18.2 Å². The summed E-state index contributed by atoms with van der Waals surface area (Å²) in [6.45, 7) is 5.67. The highest BCUT2D eigenvalue weighted by Crippen LogP contribution is 2.53. The summed E-state index contributed by atoms with van der Waals surface area (Å²) >= 11 is 0. The Morgan fingerprint density at radius 1 is 1.00 bits per heavy atom. The van der Waals surface area contributed by atoms with Crippen LogP contribution in [0.5, 0.6) is 0 Å². The molecule has 3 fully saturated rings. The van der Waals surface area contributed by atoms with Crippen LogP contribution in [-0.4, -0.2) is 49.7 Å². The van der Waals surface area contributed by atoms with Gasteiger partial charge in [-0.25, -0.2) is 0 Å². The molecule has 0 spiro atoms. The SMILES string of the molecule is CC(=O)O[C@@H]1CCC1C(C#N)(c1cccc(C(F)(F)F)c1)C1CCN(CC2CN(c3ccc(C#N)cc3)C2)CC1. The summed E-state index contributed by atoms with van der Waals surface area (Å²) in [4.78, 5) is 16.4. The molecule has 5 rings (SSSR count). The summed E-state index contributed by atoms with van der Waals surface area (Å²) in [5, 5.41) is 19.7. The maximum atomic E-state index is 13.7. The molecule has 0 bridgehead atoms. The molecule has 0 aromatic heterocycles. The molecule has 0 N–H and O–H groups in total. The second-order valence-electron chi connectivity index (χ2n) is 11.4. The third kappa shape index (κ3) is 5.40. The van der Waals surface area contributed by atoms with Crippen molar-refractivity contribution >= 4 is 11.7 Å². The minimum absolute atomic E-state index is 0.142. The Hall–Kier alpha value is -3.56. The van der Waals surface area contributed by atoms with Crippen LogP contribution in [0.15, 0.2) is 48.5 Å². The number of benzene rings is 2. The smallest absolute Gasteiger partial charge is 0.416 e. The number of carbonyl (C=O) groups is 1. The molecule has 1 aliphatic carbocycles. The van der Waals surface area contributed by atoms with E-state index in [1.54, 1.807) is 6.07 Å². The second kappa shape index (κ2) is 11.1. The molecular formula is C31H33F3N4O2. The van der Waals surface area contributed by atoms with Gasteiger partial charge in [-0.3, -0.25) is 4.79 Å². The molecule has 40 heavy (non-hydrogen) atoms. The van der Waals surface area contributed by atoms with Gasteiger partial charge in [-0.15, -0.1) is 0 Å². The Morgan fingerprint density at radius 3 is 2.23 bits per heavy atom. The number of ether oxygens (including phenoxy) is 1. The number of hydrogen-bond acceptors (Lipinski definition) is 6. The molecule has 210 valence electrons. The van der Waals surface area contributed by atoms with Gasteiger partial charge in [0.15, 0.2) is 0 Å². The Labute approximate surface area is 232 Å². The van der Waals surface area contributed by atoms with Gasteiger partial charge in [0.25, 0.3) is 0 Å². The van der Waals surface area contributed by atoms with Crippen LogP contribution >= 0.6 is 0 Å². The number of halogens is 3. The third-order valence-electron chi connectivity index (χ3n) is 9.03. The number of carbonyl (C=O) groups excluding carboxylic acids is 1. The average molecular weight is 551 g/mol. The molecule has 2 aromatic carbocycles. The Kier molecular flexibility index (Phi) is 7.79. The Bertz CT molecular complexity index is 1300. The van der Waals surface area contributed by atoms with E-state index in [1.165, 1.54) is 13.0 Å². The molecule has 0 amide bonds. The lowest BCUT2D eigenvalue weighted by molar-refractivity contribution is -0.159. The topological polar surface area (TPSA) is 80.4 Å². The third-order valence-corrected chi connectivity index (χ3v) is 9.03. The first kappa shape index (κ1) is 28.0. The van der Waals surface area contributed by atoms with Gasteiger partial charge in [0.05, 0.1) is 28.7 Å². The van der Waals surface area contributed by atoms with E-state index < -0.39 is 29.2 Å². The summed E-state index contributed by atoms with van der Waals surface area (Å²) in [7, 11) is 0. The minimum atomic E-state index is -4.51. The molecule has 2 heterocycles. The van der Waals surface area contributed by atoms with Crippen LogP contribution in [0.2, 0.25) is 0 Å². The second-order valence-corrected chi connectivity index (χ2v) is 11.4. The maximum absolute atomic E-state index is 13.7. The molecule has 2 saturated heterocycles. The summed E-state index contributed by atoms with van der Waals surface area (Å²) < 4.78 is 46.5. The predicted molar refractivity (Wildman–Crippen MR) is 143 cm³/mol. The number of nitriles is 2. The monoisotopic (exact) mass is 550 g/mol. The van der Waals surface area contributed by atoms with Crippen molar-refractivity contribution in [3.05, 3.63) is 65.2 Å². The Balaban J connectivity index is 1.28. The largest absolute Gasteiger partial charge is 0.462 e. The molecule has 2 unspecified atom stereocenters. The van der Waals surface area contributed by atoms with E-state index in [0.29, 0.717) is 42.7 Å². The Morgan fingerprint density at radius 2 is 1.68 bits per heavy atom. The quantitative estimate of drug-likeness (QED) is 0.422. The zero-order chi connectivity index (χ0) is 28.5. The van der Waals surface area contributed by atoms with Crippen LogP contribution in [0.1, 0.15) is 49.3 Å². The zero-order valence-corrected chi connectivity index (χ0v) is 22.5. The van der Waals surface area contributed by atoms with Crippen molar-refractivity contribution in [1.82, 2.24) is 4.90 Å². The number of nitrogens with zero attached hydrogens (tertiary/aromatic N) is 4. The predicted octanol–water partition coefficient (Wildman–Crippen LogP) is 5.53. The molecule has 1 saturated carbocycles. The maximum Gasteiger partial charge on any atom is 0.416 e. The molecule has 2 aromatic rings. The fourth-order valence-electron chi connectivity index (χ4n) is 6.87.